The molecule has 1 aliphatic rings. The zero-order valence-corrected chi connectivity index (χ0v) is 20.8. The molecule has 0 bridgehead atoms. The van der Waals surface area contributed by atoms with E-state index in [2.05, 4.69) is 38.1 Å². The minimum atomic E-state index is 0.103. The minimum absolute atomic E-state index is 0.103. The maximum absolute atomic E-state index is 10.5. The number of aryl methyl sites for hydroxylation is 4. The average molecular weight is 449 g/mol. The monoisotopic (exact) mass is 448 g/mol. The van der Waals surface area contributed by atoms with Crippen LogP contribution in [-0.4, -0.2) is 34.7 Å². The van der Waals surface area contributed by atoms with Gasteiger partial charge in [-0.3, -0.25) is 9.98 Å². The zero-order valence-electron chi connectivity index (χ0n) is 20.8. The number of hydrogen-bond donors (Lipinski definition) is 2. The molecule has 2 aromatic rings. The molecule has 2 atom stereocenters. The Bertz CT molecular complexity index is 914. The first-order valence-electron chi connectivity index (χ1n) is 12.6. The number of phenols is 2. The van der Waals surface area contributed by atoms with Gasteiger partial charge in [-0.25, -0.2) is 0 Å². The lowest BCUT2D eigenvalue weighted by atomic mass is 10.0. The SMILES string of the molecule is CCCCc1cc(C)c(O)c(C=NC2CCCC2N=Cc2cc(CCCC)cc(C)c2O)c1. The topological polar surface area (TPSA) is 65.2 Å². The molecule has 178 valence electrons. The number of benzene rings is 2. The summed E-state index contributed by atoms with van der Waals surface area (Å²) >= 11 is 0. The number of phenolic OH excluding ortho intramolecular Hbond substituents is 2. The van der Waals surface area contributed by atoms with E-state index in [0.29, 0.717) is 11.5 Å². The Morgan fingerprint density at radius 2 is 1.18 bits per heavy atom. The van der Waals surface area contributed by atoms with Gasteiger partial charge in [0.15, 0.2) is 0 Å². The normalized spacial score (nSPS) is 18.7. The Labute approximate surface area is 199 Å². The highest BCUT2D eigenvalue weighted by Crippen LogP contribution is 2.29. The van der Waals surface area contributed by atoms with Crippen molar-refractivity contribution in [2.45, 2.75) is 97.6 Å². The maximum atomic E-state index is 10.5. The van der Waals surface area contributed by atoms with E-state index in [1.807, 2.05) is 26.3 Å². The predicted molar refractivity (Wildman–Crippen MR) is 140 cm³/mol. The van der Waals surface area contributed by atoms with E-state index < -0.39 is 0 Å². The molecule has 0 aromatic heterocycles. The quantitative estimate of drug-likeness (QED) is 0.390. The summed E-state index contributed by atoms with van der Waals surface area (Å²) in [7, 11) is 0. The molecule has 2 unspecified atom stereocenters. The van der Waals surface area contributed by atoms with Gasteiger partial charge < -0.3 is 10.2 Å². The summed E-state index contributed by atoms with van der Waals surface area (Å²) in [6.45, 7) is 8.29. The van der Waals surface area contributed by atoms with Gasteiger partial charge in [-0.05, 0) is 93.2 Å². The Kier molecular flexibility index (Phi) is 9.11. The summed E-state index contributed by atoms with van der Waals surface area (Å²) in [6, 6.07) is 8.50. The predicted octanol–water partition coefficient (Wildman–Crippen LogP) is 6.86. The Hall–Kier alpha value is -2.62. The van der Waals surface area contributed by atoms with Crippen molar-refractivity contribution in [1.29, 1.82) is 0 Å². The molecule has 0 amide bonds. The lowest BCUT2D eigenvalue weighted by Gasteiger charge is -2.13. The van der Waals surface area contributed by atoms with E-state index in [9.17, 15) is 10.2 Å². The highest BCUT2D eigenvalue weighted by molar-refractivity contribution is 5.85. The average Bonchev–Trinajstić information content (AvgIpc) is 3.25. The fraction of sp³-hybridized carbons (Fsp3) is 0.517. The summed E-state index contributed by atoms with van der Waals surface area (Å²) in [4.78, 5) is 9.69. The van der Waals surface area contributed by atoms with Crippen molar-refractivity contribution in [2.75, 3.05) is 0 Å². The molecule has 4 nitrogen and oxygen atoms in total. The van der Waals surface area contributed by atoms with E-state index in [4.69, 9.17) is 9.98 Å². The molecule has 3 rings (SSSR count). The number of nitrogens with zero attached hydrogens (tertiary/aromatic N) is 2. The molecular formula is C29H40N2O2. The van der Waals surface area contributed by atoms with Gasteiger partial charge in [0.05, 0.1) is 12.1 Å². The summed E-state index contributed by atoms with van der Waals surface area (Å²) in [5, 5.41) is 21.1. The summed E-state index contributed by atoms with van der Waals surface area (Å²) in [5.41, 5.74) is 5.91. The van der Waals surface area contributed by atoms with Crippen LogP contribution in [0.3, 0.4) is 0 Å². The van der Waals surface area contributed by atoms with Gasteiger partial charge in [0.1, 0.15) is 11.5 Å². The molecule has 4 heteroatoms. The van der Waals surface area contributed by atoms with Crippen LogP contribution >= 0.6 is 0 Å². The van der Waals surface area contributed by atoms with E-state index in [-0.39, 0.29) is 12.1 Å². The van der Waals surface area contributed by atoms with Crippen molar-refractivity contribution in [1.82, 2.24) is 0 Å². The van der Waals surface area contributed by atoms with E-state index >= 15 is 0 Å². The van der Waals surface area contributed by atoms with Gasteiger partial charge in [0, 0.05) is 23.6 Å². The van der Waals surface area contributed by atoms with Crippen molar-refractivity contribution in [3.05, 3.63) is 57.6 Å². The molecule has 0 saturated heterocycles. The molecule has 0 heterocycles. The third-order valence-electron chi connectivity index (χ3n) is 6.67. The van der Waals surface area contributed by atoms with Crippen molar-refractivity contribution in [2.24, 2.45) is 9.98 Å². The zero-order chi connectivity index (χ0) is 23.8. The fourth-order valence-electron chi connectivity index (χ4n) is 4.64. The molecule has 1 fully saturated rings. The smallest absolute Gasteiger partial charge is 0.127 e. The first kappa shape index (κ1) is 25.0. The fourth-order valence-corrected chi connectivity index (χ4v) is 4.64. The first-order chi connectivity index (χ1) is 15.9. The van der Waals surface area contributed by atoms with Crippen molar-refractivity contribution in [3.63, 3.8) is 0 Å². The highest BCUT2D eigenvalue weighted by Gasteiger charge is 2.25. The lowest BCUT2D eigenvalue weighted by molar-refractivity contribution is 0.469. The largest absolute Gasteiger partial charge is 0.507 e. The number of unbranched alkanes of at least 4 members (excludes halogenated alkanes) is 2. The van der Waals surface area contributed by atoms with Crippen LogP contribution in [-0.2, 0) is 12.8 Å². The van der Waals surface area contributed by atoms with Gasteiger partial charge in [-0.15, -0.1) is 0 Å². The molecule has 2 N–H and O–H groups in total. The van der Waals surface area contributed by atoms with Gasteiger partial charge in [0.2, 0.25) is 0 Å². The van der Waals surface area contributed by atoms with E-state index in [1.165, 1.54) is 11.1 Å². The number of aliphatic imine (C=N–C) groups is 2. The molecule has 2 aromatic carbocycles. The van der Waals surface area contributed by atoms with Crippen LogP contribution in [0.2, 0.25) is 0 Å². The highest BCUT2D eigenvalue weighted by atomic mass is 16.3. The molecule has 0 radical (unpaired) electrons. The third kappa shape index (κ3) is 6.69. The summed E-state index contributed by atoms with van der Waals surface area (Å²) in [6.07, 6.45) is 13.4. The Morgan fingerprint density at radius 1 is 0.758 bits per heavy atom. The second kappa shape index (κ2) is 12.0. The van der Waals surface area contributed by atoms with Gasteiger partial charge in [-0.2, -0.15) is 0 Å². The molecule has 0 spiro atoms. The minimum Gasteiger partial charge on any atom is -0.507 e. The Morgan fingerprint density at radius 3 is 1.58 bits per heavy atom. The standard InChI is InChI=1S/C29H40N2O2/c1-5-7-10-22-14-20(3)28(32)24(16-22)18-30-26-12-9-13-27(26)31-19-25-17-23(11-8-6-2)15-21(4)29(25)33/h14-19,26-27,32-33H,5-13H2,1-4H3. The van der Waals surface area contributed by atoms with Crippen molar-refractivity contribution < 1.29 is 10.2 Å². The van der Waals surface area contributed by atoms with E-state index in [0.717, 1.165) is 80.0 Å². The molecule has 33 heavy (non-hydrogen) atoms. The van der Waals surface area contributed by atoms with Crippen LogP contribution in [0.5, 0.6) is 11.5 Å². The van der Waals surface area contributed by atoms with Crippen LogP contribution < -0.4 is 0 Å². The van der Waals surface area contributed by atoms with Crippen molar-refractivity contribution >= 4 is 12.4 Å². The van der Waals surface area contributed by atoms with Gasteiger partial charge in [0.25, 0.3) is 0 Å². The summed E-state index contributed by atoms with van der Waals surface area (Å²) < 4.78 is 0. The molecule has 1 saturated carbocycles. The van der Waals surface area contributed by atoms with Gasteiger partial charge >= 0.3 is 0 Å². The van der Waals surface area contributed by atoms with Crippen molar-refractivity contribution in [3.8, 4) is 11.5 Å². The molecular weight excluding hydrogens is 408 g/mol. The number of rotatable bonds is 10. The second-order valence-electron chi connectivity index (χ2n) is 9.53. The van der Waals surface area contributed by atoms with Crippen LogP contribution in [0.4, 0.5) is 0 Å². The van der Waals surface area contributed by atoms with Crippen LogP contribution in [0.1, 0.15) is 92.2 Å². The van der Waals surface area contributed by atoms with E-state index in [1.54, 1.807) is 0 Å². The number of hydrogen-bond acceptors (Lipinski definition) is 4. The maximum Gasteiger partial charge on any atom is 0.127 e. The van der Waals surface area contributed by atoms with Crippen LogP contribution in [0.15, 0.2) is 34.3 Å². The molecule has 1 aliphatic carbocycles. The van der Waals surface area contributed by atoms with Crippen LogP contribution in [0, 0.1) is 13.8 Å². The second-order valence-corrected chi connectivity index (χ2v) is 9.53. The Balaban J connectivity index is 1.76. The van der Waals surface area contributed by atoms with Gasteiger partial charge in [-0.1, -0.05) is 38.8 Å². The van der Waals surface area contributed by atoms with Crippen LogP contribution in [0.25, 0.3) is 0 Å². The summed E-state index contributed by atoms with van der Waals surface area (Å²) in [5.74, 6) is 0.641. The third-order valence-corrected chi connectivity index (χ3v) is 6.67. The lowest BCUT2D eigenvalue weighted by Crippen LogP contribution is -2.16. The number of aromatic hydroxyl groups is 2. The molecule has 0 aliphatic heterocycles. The first-order valence-corrected chi connectivity index (χ1v) is 12.6.